The number of likely N-dealkylation sites (tertiary alicyclic amines) is 1. The molecule has 2 heteroatoms. The number of hydrogen-bond donors (Lipinski definition) is 1. The second-order valence-corrected chi connectivity index (χ2v) is 8.66. The van der Waals surface area contributed by atoms with E-state index in [-0.39, 0.29) is 0 Å². The van der Waals surface area contributed by atoms with Crippen LogP contribution in [0.5, 0.6) is 0 Å². The second-order valence-electron chi connectivity index (χ2n) is 8.66. The lowest BCUT2D eigenvalue weighted by atomic mass is 9.67. The molecule has 3 fully saturated rings. The van der Waals surface area contributed by atoms with E-state index in [0.29, 0.717) is 11.5 Å². The summed E-state index contributed by atoms with van der Waals surface area (Å²) >= 11 is 0. The summed E-state index contributed by atoms with van der Waals surface area (Å²) in [6.45, 7) is 7.67. The minimum absolute atomic E-state index is 0.472. The highest BCUT2D eigenvalue weighted by molar-refractivity contribution is 4.96. The highest BCUT2D eigenvalue weighted by atomic mass is 15.2. The normalized spacial score (nSPS) is 40.7. The quantitative estimate of drug-likeness (QED) is 0.844. The summed E-state index contributed by atoms with van der Waals surface area (Å²) in [4.78, 5) is 2.91. The van der Waals surface area contributed by atoms with Crippen LogP contribution < -0.4 is 5.32 Å². The van der Waals surface area contributed by atoms with Crippen LogP contribution in [0.1, 0.15) is 71.6 Å². The van der Waals surface area contributed by atoms with Crippen LogP contribution in [0.25, 0.3) is 0 Å². The van der Waals surface area contributed by atoms with Gasteiger partial charge in [0.25, 0.3) is 0 Å². The summed E-state index contributed by atoms with van der Waals surface area (Å²) in [5.74, 6) is 1.89. The standard InChI is InChI=1S/C19H36N2/c1-19(2)12-6-9-16(18(19)20-3)14-21-13-7-10-15-8-4-5-11-17(15)21/h15-18,20H,4-14H2,1-3H3/t15-,16?,17-,18?/m1/s1. The molecule has 2 saturated carbocycles. The maximum Gasteiger partial charge on any atom is 0.0156 e. The summed E-state index contributed by atoms with van der Waals surface area (Å²) in [6, 6.07) is 1.63. The molecule has 3 rings (SSSR count). The molecular weight excluding hydrogens is 256 g/mol. The van der Waals surface area contributed by atoms with Crippen molar-refractivity contribution in [2.45, 2.75) is 83.7 Å². The number of fused-ring (bicyclic) bond motifs is 1. The van der Waals surface area contributed by atoms with Gasteiger partial charge in [0.05, 0.1) is 0 Å². The molecule has 1 N–H and O–H groups in total. The minimum atomic E-state index is 0.472. The first-order valence-electron chi connectivity index (χ1n) is 9.53. The molecule has 1 saturated heterocycles. The number of nitrogens with zero attached hydrogens (tertiary/aromatic N) is 1. The Morgan fingerprint density at radius 3 is 2.57 bits per heavy atom. The van der Waals surface area contributed by atoms with Gasteiger partial charge in [0.15, 0.2) is 0 Å². The van der Waals surface area contributed by atoms with Crippen molar-refractivity contribution in [3.8, 4) is 0 Å². The predicted molar refractivity (Wildman–Crippen MR) is 90.5 cm³/mol. The molecule has 0 aromatic heterocycles. The number of piperidine rings is 1. The van der Waals surface area contributed by atoms with E-state index in [1.54, 1.807) is 0 Å². The summed E-state index contributed by atoms with van der Waals surface area (Å²) < 4.78 is 0. The van der Waals surface area contributed by atoms with Crippen LogP contribution in [0, 0.1) is 17.3 Å². The van der Waals surface area contributed by atoms with Crippen molar-refractivity contribution in [2.75, 3.05) is 20.1 Å². The first-order chi connectivity index (χ1) is 10.1. The van der Waals surface area contributed by atoms with E-state index in [2.05, 4.69) is 31.1 Å². The van der Waals surface area contributed by atoms with Gasteiger partial charge >= 0.3 is 0 Å². The Morgan fingerprint density at radius 2 is 1.76 bits per heavy atom. The molecule has 3 aliphatic rings. The summed E-state index contributed by atoms with van der Waals surface area (Å²) in [5, 5.41) is 3.68. The van der Waals surface area contributed by atoms with Crippen LogP contribution in [0.15, 0.2) is 0 Å². The molecule has 0 aromatic carbocycles. The zero-order valence-corrected chi connectivity index (χ0v) is 14.5. The molecule has 0 radical (unpaired) electrons. The SMILES string of the molecule is CNC1C(CN2CCC[C@H]3CCCC[C@H]32)CCCC1(C)C. The molecule has 1 aliphatic heterocycles. The van der Waals surface area contributed by atoms with E-state index in [0.717, 1.165) is 17.9 Å². The lowest BCUT2D eigenvalue weighted by Gasteiger charge is -2.49. The Hall–Kier alpha value is -0.0800. The number of nitrogens with one attached hydrogen (secondary N) is 1. The maximum atomic E-state index is 3.68. The van der Waals surface area contributed by atoms with Gasteiger partial charge in [-0.1, -0.05) is 33.1 Å². The van der Waals surface area contributed by atoms with Crippen molar-refractivity contribution >= 4 is 0 Å². The molecule has 4 atom stereocenters. The lowest BCUT2D eigenvalue weighted by molar-refractivity contribution is 0.0182. The van der Waals surface area contributed by atoms with E-state index < -0.39 is 0 Å². The molecule has 2 unspecified atom stereocenters. The Morgan fingerprint density at radius 1 is 1.00 bits per heavy atom. The topological polar surface area (TPSA) is 15.3 Å². The third kappa shape index (κ3) is 3.32. The molecule has 2 aliphatic carbocycles. The highest BCUT2D eigenvalue weighted by Gasteiger charge is 2.41. The fraction of sp³-hybridized carbons (Fsp3) is 1.00. The van der Waals surface area contributed by atoms with Gasteiger partial charge in [-0.15, -0.1) is 0 Å². The first-order valence-corrected chi connectivity index (χ1v) is 9.53. The maximum absolute atomic E-state index is 3.68. The molecule has 0 spiro atoms. The zero-order chi connectivity index (χ0) is 14.9. The minimum Gasteiger partial charge on any atom is -0.316 e. The monoisotopic (exact) mass is 292 g/mol. The molecule has 0 amide bonds. The van der Waals surface area contributed by atoms with Crippen molar-refractivity contribution in [3.63, 3.8) is 0 Å². The first kappa shape index (κ1) is 15.8. The Bertz CT molecular complexity index is 336. The van der Waals surface area contributed by atoms with Crippen molar-refractivity contribution in [1.29, 1.82) is 0 Å². The van der Waals surface area contributed by atoms with Gasteiger partial charge in [-0.3, -0.25) is 4.90 Å². The van der Waals surface area contributed by atoms with E-state index in [1.807, 2.05) is 0 Å². The van der Waals surface area contributed by atoms with Crippen LogP contribution in [-0.2, 0) is 0 Å². The number of rotatable bonds is 3. The van der Waals surface area contributed by atoms with Gasteiger partial charge in [-0.2, -0.15) is 0 Å². The van der Waals surface area contributed by atoms with Crippen molar-refractivity contribution in [3.05, 3.63) is 0 Å². The second kappa shape index (κ2) is 6.58. The van der Waals surface area contributed by atoms with Gasteiger partial charge < -0.3 is 5.32 Å². The van der Waals surface area contributed by atoms with Crippen molar-refractivity contribution in [1.82, 2.24) is 10.2 Å². The van der Waals surface area contributed by atoms with Gasteiger partial charge in [0, 0.05) is 18.6 Å². The summed E-state index contributed by atoms with van der Waals surface area (Å²) in [7, 11) is 2.18. The van der Waals surface area contributed by atoms with Crippen LogP contribution in [-0.4, -0.2) is 37.1 Å². The largest absolute Gasteiger partial charge is 0.316 e. The highest BCUT2D eigenvalue weighted by Crippen LogP contribution is 2.41. The van der Waals surface area contributed by atoms with Crippen molar-refractivity contribution < 1.29 is 0 Å². The van der Waals surface area contributed by atoms with Crippen LogP contribution in [0.2, 0.25) is 0 Å². The molecule has 0 aromatic rings. The Kier molecular flexibility index (Phi) is 4.95. The fourth-order valence-corrected chi connectivity index (χ4v) is 5.86. The van der Waals surface area contributed by atoms with Crippen LogP contribution in [0.3, 0.4) is 0 Å². The molecule has 2 nitrogen and oxygen atoms in total. The average Bonchev–Trinajstić information content (AvgIpc) is 2.47. The molecular formula is C19H36N2. The average molecular weight is 293 g/mol. The van der Waals surface area contributed by atoms with Gasteiger partial charge in [0.2, 0.25) is 0 Å². The number of hydrogen-bond acceptors (Lipinski definition) is 2. The van der Waals surface area contributed by atoms with Gasteiger partial charge in [0.1, 0.15) is 0 Å². The lowest BCUT2D eigenvalue weighted by Crippen LogP contribution is -2.55. The van der Waals surface area contributed by atoms with Gasteiger partial charge in [-0.25, -0.2) is 0 Å². The van der Waals surface area contributed by atoms with Crippen molar-refractivity contribution in [2.24, 2.45) is 17.3 Å². The smallest absolute Gasteiger partial charge is 0.0156 e. The predicted octanol–water partition coefficient (Wildman–Crippen LogP) is 4.06. The van der Waals surface area contributed by atoms with Crippen LogP contribution >= 0.6 is 0 Å². The molecule has 1 heterocycles. The fourth-order valence-electron chi connectivity index (χ4n) is 5.86. The Balaban J connectivity index is 1.66. The molecule has 21 heavy (non-hydrogen) atoms. The zero-order valence-electron chi connectivity index (χ0n) is 14.5. The summed E-state index contributed by atoms with van der Waals surface area (Å²) in [6.07, 6.45) is 13.2. The third-order valence-electron chi connectivity index (χ3n) is 6.85. The molecule has 0 bridgehead atoms. The van der Waals surface area contributed by atoms with E-state index in [4.69, 9.17) is 0 Å². The molecule has 122 valence electrons. The third-order valence-corrected chi connectivity index (χ3v) is 6.85. The van der Waals surface area contributed by atoms with Crippen LogP contribution in [0.4, 0.5) is 0 Å². The van der Waals surface area contributed by atoms with Gasteiger partial charge in [-0.05, 0) is 69.4 Å². The van der Waals surface area contributed by atoms with E-state index in [9.17, 15) is 0 Å². The van der Waals surface area contributed by atoms with E-state index in [1.165, 1.54) is 70.9 Å². The van der Waals surface area contributed by atoms with E-state index >= 15 is 0 Å². The Labute approximate surface area is 132 Å². The summed E-state index contributed by atoms with van der Waals surface area (Å²) in [5.41, 5.74) is 0.472.